The molecule has 0 spiro atoms. The molecule has 0 aliphatic heterocycles. The fourth-order valence-corrected chi connectivity index (χ4v) is 1.32. The van der Waals surface area contributed by atoms with Crippen LogP contribution in [0.25, 0.3) is 0 Å². The monoisotopic (exact) mass is 271 g/mol. The van der Waals surface area contributed by atoms with Gasteiger partial charge < -0.3 is 0 Å². The Morgan fingerprint density at radius 1 is 1.16 bits per heavy atom. The van der Waals surface area contributed by atoms with Gasteiger partial charge in [-0.25, -0.2) is 9.37 Å². The lowest BCUT2D eigenvalue weighted by molar-refractivity contribution is -0.138. The van der Waals surface area contributed by atoms with Gasteiger partial charge in [0.1, 0.15) is 5.69 Å². The van der Waals surface area contributed by atoms with Gasteiger partial charge >= 0.3 is 6.18 Å². The number of hydrogen-bond acceptors (Lipinski definition) is 4. The van der Waals surface area contributed by atoms with E-state index >= 15 is 0 Å². The van der Waals surface area contributed by atoms with E-state index in [9.17, 15) is 22.4 Å². The van der Waals surface area contributed by atoms with Gasteiger partial charge in [-0.15, -0.1) is 0 Å². The van der Waals surface area contributed by atoms with E-state index in [-0.39, 0.29) is 11.6 Å². The SMILES string of the molecule is O=C(c1ccnnc1)c1ncc(C(F)(F)F)cc1F. The molecule has 0 N–H and O–H groups in total. The number of rotatable bonds is 2. The van der Waals surface area contributed by atoms with E-state index in [4.69, 9.17) is 0 Å². The van der Waals surface area contributed by atoms with E-state index in [1.165, 1.54) is 12.3 Å². The van der Waals surface area contributed by atoms with Crippen molar-refractivity contribution in [3.63, 3.8) is 0 Å². The predicted molar refractivity (Wildman–Crippen MR) is 54.7 cm³/mol. The molecule has 0 bridgehead atoms. The van der Waals surface area contributed by atoms with Crippen LogP contribution in [-0.4, -0.2) is 21.0 Å². The molecular weight excluding hydrogens is 266 g/mol. The summed E-state index contributed by atoms with van der Waals surface area (Å²) in [5.41, 5.74) is -1.96. The third-order valence-electron chi connectivity index (χ3n) is 2.23. The zero-order valence-electron chi connectivity index (χ0n) is 9.15. The van der Waals surface area contributed by atoms with Crippen molar-refractivity contribution in [2.75, 3.05) is 0 Å². The molecule has 2 aromatic rings. The third-order valence-corrected chi connectivity index (χ3v) is 2.23. The summed E-state index contributed by atoms with van der Waals surface area (Å²) in [6.07, 6.45) is -2.03. The summed E-state index contributed by atoms with van der Waals surface area (Å²) >= 11 is 0. The molecule has 0 unspecified atom stereocenters. The summed E-state index contributed by atoms with van der Waals surface area (Å²) in [7, 11) is 0. The molecule has 8 heteroatoms. The van der Waals surface area contributed by atoms with Gasteiger partial charge in [-0.2, -0.15) is 23.4 Å². The van der Waals surface area contributed by atoms with Crippen LogP contribution in [0.3, 0.4) is 0 Å². The first-order valence-corrected chi connectivity index (χ1v) is 4.93. The Kier molecular flexibility index (Phi) is 3.24. The lowest BCUT2D eigenvalue weighted by Gasteiger charge is -2.07. The van der Waals surface area contributed by atoms with Crippen molar-refractivity contribution in [3.05, 3.63) is 53.4 Å². The van der Waals surface area contributed by atoms with Crippen molar-refractivity contribution in [2.24, 2.45) is 0 Å². The van der Waals surface area contributed by atoms with E-state index in [0.717, 1.165) is 6.20 Å². The summed E-state index contributed by atoms with van der Waals surface area (Å²) < 4.78 is 50.4. The maximum absolute atomic E-state index is 13.5. The standard InChI is InChI=1S/C11H5F4N3O/c12-8-3-7(11(13,14)15)5-16-9(8)10(19)6-1-2-17-18-4-6/h1-5H. The first-order valence-electron chi connectivity index (χ1n) is 4.93. The molecule has 0 aliphatic rings. The normalized spacial score (nSPS) is 11.4. The van der Waals surface area contributed by atoms with Crippen LogP contribution in [0.1, 0.15) is 21.6 Å². The first-order chi connectivity index (χ1) is 8.89. The van der Waals surface area contributed by atoms with Crippen LogP contribution < -0.4 is 0 Å². The van der Waals surface area contributed by atoms with Crippen molar-refractivity contribution in [1.29, 1.82) is 0 Å². The number of nitrogens with zero attached hydrogens (tertiary/aromatic N) is 3. The maximum atomic E-state index is 13.5. The van der Waals surface area contributed by atoms with E-state index in [2.05, 4.69) is 15.2 Å². The van der Waals surface area contributed by atoms with Gasteiger partial charge in [0.25, 0.3) is 0 Å². The van der Waals surface area contributed by atoms with Crippen LogP contribution >= 0.6 is 0 Å². The Hall–Kier alpha value is -2.38. The largest absolute Gasteiger partial charge is 0.417 e. The van der Waals surface area contributed by atoms with Crippen molar-refractivity contribution in [2.45, 2.75) is 6.18 Å². The molecule has 19 heavy (non-hydrogen) atoms. The summed E-state index contributed by atoms with van der Waals surface area (Å²) in [5.74, 6) is -2.20. The number of alkyl halides is 3. The molecule has 0 aromatic carbocycles. The molecule has 0 aliphatic carbocycles. The molecule has 0 radical (unpaired) electrons. The molecule has 2 heterocycles. The minimum Gasteiger partial charge on any atom is -0.287 e. The number of hydrogen-bond donors (Lipinski definition) is 0. The van der Waals surface area contributed by atoms with Crippen LogP contribution in [0.2, 0.25) is 0 Å². The van der Waals surface area contributed by atoms with Gasteiger partial charge in [-0.3, -0.25) is 4.79 Å². The number of carbonyl (C=O) groups excluding carboxylic acids is 1. The van der Waals surface area contributed by atoms with E-state index in [0.29, 0.717) is 6.20 Å². The van der Waals surface area contributed by atoms with Crippen LogP contribution in [-0.2, 0) is 6.18 Å². The Morgan fingerprint density at radius 2 is 1.89 bits per heavy atom. The number of aromatic nitrogens is 3. The van der Waals surface area contributed by atoms with Crippen LogP contribution in [0, 0.1) is 5.82 Å². The van der Waals surface area contributed by atoms with Crippen LogP contribution in [0.5, 0.6) is 0 Å². The highest BCUT2D eigenvalue weighted by atomic mass is 19.4. The number of ketones is 1. The average Bonchev–Trinajstić information content (AvgIpc) is 2.38. The molecule has 0 saturated heterocycles. The number of halogens is 4. The van der Waals surface area contributed by atoms with Gasteiger partial charge in [-0.1, -0.05) is 0 Å². The Morgan fingerprint density at radius 3 is 2.42 bits per heavy atom. The van der Waals surface area contributed by atoms with Crippen molar-refractivity contribution >= 4 is 5.78 Å². The fourth-order valence-electron chi connectivity index (χ4n) is 1.32. The van der Waals surface area contributed by atoms with Crippen molar-refractivity contribution < 1.29 is 22.4 Å². The minimum atomic E-state index is -4.71. The molecule has 0 saturated carbocycles. The minimum absolute atomic E-state index is 0.0128. The van der Waals surface area contributed by atoms with Gasteiger partial charge in [0.15, 0.2) is 5.82 Å². The Labute approximate surface area is 104 Å². The first kappa shape index (κ1) is 13.1. The van der Waals surface area contributed by atoms with E-state index < -0.39 is 29.0 Å². The molecule has 2 rings (SSSR count). The zero-order valence-corrected chi connectivity index (χ0v) is 9.15. The lowest BCUT2D eigenvalue weighted by atomic mass is 10.1. The second-order valence-corrected chi connectivity index (χ2v) is 3.51. The Balaban J connectivity index is 2.40. The molecule has 2 aromatic heterocycles. The highest BCUT2D eigenvalue weighted by Crippen LogP contribution is 2.29. The molecule has 0 amide bonds. The third kappa shape index (κ3) is 2.72. The van der Waals surface area contributed by atoms with Crippen LogP contribution in [0.15, 0.2) is 30.7 Å². The van der Waals surface area contributed by atoms with E-state index in [1.807, 2.05) is 0 Å². The molecule has 98 valence electrons. The number of pyridine rings is 1. The average molecular weight is 271 g/mol. The molecule has 4 nitrogen and oxygen atoms in total. The smallest absolute Gasteiger partial charge is 0.287 e. The number of carbonyl (C=O) groups is 1. The van der Waals surface area contributed by atoms with Gasteiger partial charge in [-0.05, 0) is 12.1 Å². The summed E-state index contributed by atoms with van der Waals surface area (Å²) in [6, 6.07) is 1.49. The highest BCUT2D eigenvalue weighted by Gasteiger charge is 2.32. The van der Waals surface area contributed by atoms with Gasteiger partial charge in [0.2, 0.25) is 5.78 Å². The summed E-state index contributed by atoms with van der Waals surface area (Å²) in [4.78, 5) is 15.0. The van der Waals surface area contributed by atoms with Crippen LogP contribution in [0.4, 0.5) is 17.6 Å². The van der Waals surface area contributed by atoms with Crippen molar-refractivity contribution in [3.8, 4) is 0 Å². The lowest BCUT2D eigenvalue weighted by Crippen LogP contribution is -2.12. The summed E-state index contributed by atoms with van der Waals surface area (Å²) in [5, 5.41) is 6.84. The van der Waals surface area contributed by atoms with Gasteiger partial charge in [0, 0.05) is 11.8 Å². The van der Waals surface area contributed by atoms with Crippen molar-refractivity contribution in [1.82, 2.24) is 15.2 Å². The molecular formula is C11H5F4N3O. The topological polar surface area (TPSA) is 55.7 Å². The second kappa shape index (κ2) is 4.71. The quantitative estimate of drug-likeness (QED) is 0.621. The molecule has 0 atom stereocenters. The zero-order chi connectivity index (χ0) is 14.0. The van der Waals surface area contributed by atoms with E-state index in [1.54, 1.807) is 0 Å². The fraction of sp³-hybridized carbons (Fsp3) is 0.0909. The van der Waals surface area contributed by atoms with Gasteiger partial charge in [0.05, 0.1) is 18.0 Å². The summed E-state index contributed by atoms with van der Waals surface area (Å²) in [6.45, 7) is 0. The Bertz CT molecular complexity index is 613. The maximum Gasteiger partial charge on any atom is 0.417 e. The second-order valence-electron chi connectivity index (χ2n) is 3.51. The predicted octanol–water partition coefficient (Wildman–Crippen LogP) is 2.26. The highest BCUT2D eigenvalue weighted by molar-refractivity contribution is 6.07. The molecule has 0 fully saturated rings.